The van der Waals surface area contributed by atoms with E-state index in [1.165, 1.54) is 23.9 Å². The van der Waals surface area contributed by atoms with Gasteiger partial charge in [0, 0.05) is 0 Å². The molecule has 26 heavy (non-hydrogen) atoms. The Morgan fingerprint density at radius 1 is 1.12 bits per heavy atom. The van der Waals surface area contributed by atoms with Crippen molar-refractivity contribution in [2.75, 3.05) is 19.1 Å². The summed E-state index contributed by atoms with van der Waals surface area (Å²) in [5.74, 6) is 0.107. The van der Waals surface area contributed by atoms with Gasteiger partial charge in [0.1, 0.15) is 11.8 Å². The normalized spacial score (nSPS) is 12.5. The van der Waals surface area contributed by atoms with E-state index in [9.17, 15) is 18.3 Å². The number of carbonyl (C=O) groups is 1. The predicted molar refractivity (Wildman–Crippen MR) is 103 cm³/mol. The largest absolute Gasteiger partial charge is 0.497 e. The van der Waals surface area contributed by atoms with Crippen LogP contribution in [-0.4, -0.2) is 44.7 Å². The zero-order valence-electron chi connectivity index (χ0n) is 14.5. The lowest BCUT2D eigenvalue weighted by Gasteiger charge is -2.14. The second kappa shape index (κ2) is 9.07. The van der Waals surface area contributed by atoms with E-state index in [4.69, 9.17) is 4.74 Å². The average molecular weight is 396 g/mol. The standard InChI is InChI=1S/C18H21NO5S2/c1-24-15-7-3-13(4-8-15)14-5-9-16(10-6-14)26(22,23)19-17(18(20)21)11-12-25-2/h3-10,17,19H,11-12H2,1-2H3,(H,20,21). The van der Waals surface area contributed by atoms with Gasteiger partial charge in [-0.1, -0.05) is 24.3 Å². The molecule has 0 saturated heterocycles. The number of rotatable bonds is 9. The van der Waals surface area contributed by atoms with Gasteiger partial charge in [-0.3, -0.25) is 4.79 Å². The smallest absolute Gasteiger partial charge is 0.321 e. The van der Waals surface area contributed by atoms with Crippen molar-refractivity contribution in [3.05, 3.63) is 48.5 Å². The SMILES string of the molecule is COc1ccc(-c2ccc(S(=O)(=O)NC(CCSC)C(=O)O)cc2)cc1. The molecule has 0 heterocycles. The summed E-state index contributed by atoms with van der Waals surface area (Å²) in [4.78, 5) is 11.3. The first-order valence-electron chi connectivity index (χ1n) is 7.86. The molecule has 2 rings (SSSR count). The molecule has 140 valence electrons. The summed E-state index contributed by atoms with van der Waals surface area (Å²) in [5.41, 5.74) is 1.77. The van der Waals surface area contributed by atoms with Crippen LogP contribution in [0.5, 0.6) is 5.75 Å². The highest BCUT2D eigenvalue weighted by Gasteiger charge is 2.24. The molecule has 0 aliphatic heterocycles. The number of carboxylic acid groups (broad SMARTS) is 1. The van der Waals surface area contributed by atoms with Crippen LogP contribution >= 0.6 is 11.8 Å². The highest BCUT2D eigenvalue weighted by molar-refractivity contribution is 7.98. The van der Waals surface area contributed by atoms with Gasteiger partial charge in [0.05, 0.1) is 12.0 Å². The zero-order valence-corrected chi connectivity index (χ0v) is 16.1. The Morgan fingerprint density at radius 3 is 2.12 bits per heavy atom. The Hall–Kier alpha value is -2.03. The van der Waals surface area contributed by atoms with Gasteiger partial charge in [0.15, 0.2) is 0 Å². The van der Waals surface area contributed by atoms with Crippen molar-refractivity contribution in [2.45, 2.75) is 17.4 Å². The summed E-state index contributed by atoms with van der Waals surface area (Å²) in [6.45, 7) is 0. The van der Waals surface area contributed by atoms with Gasteiger partial charge in [-0.25, -0.2) is 8.42 Å². The highest BCUT2D eigenvalue weighted by Crippen LogP contribution is 2.24. The lowest BCUT2D eigenvalue weighted by molar-refractivity contribution is -0.139. The summed E-state index contributed by atoms with van der Waals surface area (Å²) in [5, 5.41) is 9.20. The number of ether oxygens (including phenoxy) is 1. The van der Waals surface area contributed by atoms with E-state index in [2.05, 4.69) is 4.72 Å². The Kier molecular flexibility index (Phi) is 7.07. The molecule has 1 unspecified atom stereocenters. The van der Waals surface area contributed by atoms with Gasteiger partial charge in [-0.05, 0) is 53.8 Å². The van der Waals surface area contributed by atoms with Crippen LogP contribution in [0.2, 0.25) is 0 Å². The maximum Gasteiger partial charge on any atom is 0.321 e. The lowest BCUT2D eigenvalue weighted by atomic mass is 10.1. The van der Waals surface area contributed by atoms with Gasteiger partial charge >= 0.3 is 5.97 Å². The van der Waals surface area contributed by atoms with Crippen molar-refractivity contribution in [1.29, 1.82) is 0 Å². The van der Waals surface area contributed by atoms with E-state index in [0.717, 1.165) is 16.9 Å². The van der Waals surface area contributed by atoms with Crippen LogP contribution in [0.3, 0.4) is 0 Å². The average Bonchev–Trinajstić information content (AvgIpc) is 2.65. The van der Waals surface area contributed by atoms with E-state index in [-0.39, 0.29) is 11.3 Å². The molecule has 0 spiro atoms. The molecule has 2 N–H and O–H groups in total. The van der Waals surface area contributed by atoms with E-state index in [1.807, 2.05) is 30.5 Å². The number of hydrogen-bond donors (Lipinski definition) is 2. The minimum Gasteiger partial charge on any atom is -0.497 e. The first-order chi connectivity index (χ1) is 12.4. The number of benzene rings is 2. The minimum absolute atomic E-state index is 0.0326. The summed E-state index contributed by atoms with van der Waals surface area (Å²) in [7, 11) is -2.32. The third kappa shape index (κ3) is 5.23. The first kappa shape index (κ1) is 20.3. The van der Waals surface area contributed by atoms with Crippen molar-refractivity contribution >= 4 is 27.8 Å². The van der Waals surface area contributed by atoms with Crippen LogP contribution in [0, 0.1) is 0 Å². The quantitative estimate of drug-likeness (QED) is 0.678. The number of methoxy groups -OCH3 is 1. The Labute approximate surface area is 157 Å². The fourth-order valence-electron chi connectivity index (χ4n) is 2.33. The third-order valence-electron chi connectivity index (χ3n) is 3.79. The molecular formula is C18H21NO5S2. The number of hydrogen-bond acceptors (Lipinski definition) is 5. The molecule has 6 nitrogen and oxygen atoms in total. The van der Waals surface area contributed by atoms with Gasteiger partial charge in [-0.15, -0.1) is 0 Å². The summed E-state index contributed by atoms with van der Waals surface area (Å²) < 4.78 is 32.3. The molecule has 0 radical (unpaired) electrons. The zero-order chi connectivity index (χ0) is 19.2. The highest BCUT2D eigenvalue weighted by atomic mass is 32.2. The minimum atomic E-state index is -3.90. The molecule has 0 aliphatic carbocycles. The molecule has 2 aromatic carbocycles. The number of thioether (sulfide) groups is 1. The number of aliphatic carboxylic acids is 1. The van der Waals surface area contributed by atoms with Crippen LogP contribution < -0.4 is 9.46 Å². The van der Waals surface area contributed by atoms with Gasteiger partial charge in [0.2, 0.25) is 10.0 Å². The van der Waals surface area contributed by atoms with Crippen LogP contribution in [0.4, 0.5) is 0 Å². The molecule has 1 atom stereocenters. The lowest BCUT2D eigenvalue weighted by Crippen LogP contribution is -2.41. The molecule has 8 heteroatoms. The fourth-order valence-corrected chi connectivity index (χ4v) is 4.03. The van der Waals surface area contributed by atoms with Gasteiger partial charge in [-0.2, -0.15) is 16.5 Å². The number of nitrogens with one attached hydrogen (secondary N) is 1. The molecule has 0 fully saturated rings. The Morgan fingerprint density at radius 2 is 1.65 bits per heavy atom. The predicted octanol–water partition coefficient (Wildman–Crippen LogP) is 2.85. The summed E-state index contributed by atoms with van der Waals surface area (Å²) in [6, 6.07) is 12.6. The van der Waals surface area contributed by atoms with Crippen molar-refractivity contribution in [3.8, 4) is 16.9 Å². The van der Waals surface area contributed by atoms with E-state index in [1.54, 1.807) is 19.2 Å². The fraction of sp³-hybridized carbons (Fsp3) is 0.278. The van der Waals surface area contributed by atoms with E-state index >= 15 is 0 Å². The van der Waals surface area contributed by atoms with Crippen LogP contribution in [-0.2, 0) is 14.8 Å². The topological polar surface area (TPSA) is 92.7 Å². The van der Waals surface area contributed by atoms with Crippen molar-refractivity contribution in [1.82, 2.24) is 4.72 Å². The van der Waals surface area contributed by atoms with Crippen LogP contribution in [0.1, 0.15) is 6.42 Å². The van der Waals surface area contributed by atoms with Crippen molar-refractivity contribution in [3.63, 3.8) is 0 Å². The van der Waals surface area contributed by atoms with Gasteiger partial charge in [0.25, 0.3) is 0 Å². The Bertz CT molecular complexity index is 833. The molecule has 0 aliphatic rings. The summed E-state index contributed by atoms with van der Waals surface area (Å²) >= 11 is 1.46. The molecule has 0 bridgehead atoms. The maximum atomic E-state index is 12.4. The molecule has 0 amide bonds. The first-order valence-corrected chi connectivity index (χ1v) is 10.7. The Balaban J connectivity index is 2.18. The number of sulfonamides is 1. The summed E-state index contributed by atoms with van der Waals surface area (Å²) in [6.07, 6.45) is 2.06. The monoisotopic (exact) mass is 395 g/mol. The van der Waals surface area contributed by atoms with E-state index < -0.39 is 22.0 Å². The van der Waals surface area contributed by atoms with Crippen LogP contribution in [0.15, 0.2) is 53.4 Å². The van der Waals surface area contributed by atoms with Gasteiger partial charge < -0.3 is 9.84 Å². The number of carboxylic acids is 1. The second-order valence-electron chi connectivity index (χ2n) is 5.55. The molecule has 0 saturated carbocycles. The van der Waals surface area contributed by atoms with Crippen molar-refractivity contribution in [2.24, 2.45) is 0 Å². The molecule has 2 aromatic rings. The second-order valence-corrected chi connectivity index (χ2v) is 8.25. The molecule has 0 aromatic heterocycles. The van der Waals surface area contributed by atoms with E-state index in [0.29, 0.717) is 5.75 Å². The van der Waals surface area contributed by atoms with Crippen LogP contribution in [0.25, 0.3) is 11.1 Å². The maximum absolute atomic E-state index is 12.4. The van der Waals surface area contributed by atoms with Crippen molar-refractivity contribution < 1.29 is 23.1 Å². The third-order valence-corrected chi connectivity index (χ3v) is 5.93. The molecular weight excluding hydrogens is 374 g/mol.